The molecule has 1 aromatic heterocycles. The molecule has 11 heteroatoms. The minimum atomic E-state index is -4.47. The summed E-state index contributed by atoms with van der Waals surface area (Å²) in [4.78, 5) is 21.8. The van der Waals surface area contributed by atoms with Crippen LogP contribution in [0.15, 0.2) is 50.5 Å². The topological polar surface area (TPSA) is 146 Å². The molecule has 27 heavy (non-hydrogen) atoms. The van der Waals surface area contributed by atoms with Crippen molar-refractivity contribution in [2.45, 2.75) is 11.8 Å². The smallest absolute Gasteiger partial charge is 0.360 e. The van der Waals surface area contributed by atoms with Gasteiger partial charge in [-0.3, -0.25) is 14.8 Å². The number of nitrogens with two attached hydrogens (primary N) is 1. The Labute approximate surface area is 157 Å². The van der Waals surface area contributed by atoms with Crippen molar-refractivity contribution in [1.82, 2.24) is 0 Å². The summed E-state index contributed by atoms with van der Waals surface area (Å²) in [5, 5.41) is 12.0. The van der Waals surface area contributed by atoms with Crippen LogP contribution in [0.4, 0.5) is 17.1 Å². The lowest BCUT2D eigenvalue weighted by atomic mass is 10.2. The van der Waals surface area contributed by atoms with Crippen molar-refractivity contribution >= 4 is 49.7 Å². The van der Waals surface area contributed by atoms with Crippen molar-refractivity contribution in [2.75, 3.05) is 10.5 Å². The van der Waals surface area contributed by atoms with Gasteiger partial charge in [-0.1, -0.05) is 11.6 Å². The molecule has 0 aliphatic carbocycles. The van der Waals surface area contributed by atoms with Gasteiger partial charge in [0.2, 0.25) is 0 Å². The third-order valence-electron chi connectivity index (χ3n) is 3.77. The average molecular weight is 410 g/mol. The zero-order valence-electron chi connectivity index (χ0n) is 13.7. The van der Waals surface area contributed by atoms with Gasteiger partial charge >= 0.3 is 5.63 Å². The van der Waals surface area contributed by atoms with Crippen LogP contribution in [0.1, 0.15) is 5.56 Å². The molecule has 0 aliphatic rings. The van der Waals surface area contributed by atoms with Crippen LogP contribution in [-0.4, -0.2) is 13.3 Å². The number of nitro benzene ring substituents is 1. The molecule has 1 heterocycles. The predicted molar refractivity (Wildman–Crippen MR) is 101 cm³/mol. The number of nitrogen functional groups attached to an aromatic ring is 1. The maximum Gasteiger partial charge on any atom is 0.360 e. The maximum atomic E-state index is 12.7. The summed E-state index contributed by atoms with van der Waals surface area (Å²) in [7, 11) is -4.47. The molecular weight excluding hydrogens is 398 g/mol. The Morgan fingerprint density at radius 1 is 1.22 bits per heavy atom. The number of nitro groups is 1. The Hall–Kier alpha value is -3.11. The van der Waals surface area contributed by atoms with E-state index in [2.05, 4.69) is 0 Å². The zero-order valence-corrected chi connectivity index (χ0v) is 15.3. The van der Waals surface area contributed by atoms with Gasteiger partial charge < -0.3 is 10.2 Å². The van der Waals surface area contributed by atoms with E-state index >= 15 is 0 Å². The Morgan fingerprint density at radius 2 is 1.93 bits per heavy atom. The van der Waals surface area contributed by atoms with E-state index in [1.165, 1.54) is 31.2 Å². The molecule has 9 nitrogen and oxygen atoms in total. The largest absolute Gasteiger partial charge is 0.421 e. The summed E-state index contributed by atoms with van der Waals surface area (Å²) < 4.78 is 32.5. The molecule has 0 saturated carbocycles. The second-order valence-electron chi connectivity index (χ2n) is 5.67. The van der Waals surface area contributed by atoms with Gasteiger partial charge in [-0.05, 0) is 42.8 Å². The monoisotopic (exact) mass is 409 g/mol. The SMILES string of the molecule is Cc1cc(S(=O)(=O)Nc2cc3cc(Cl)ccc3oc2=O)c([N+](=O)[O-])cc1N. The van der Waals surface area contributed by atoms with Gasteiger partial charge in [0.05, 0.1) is 4.92 Å². The first-order valence-corrected chi connectivity index (χ1v) is 9.25. The fraction of sp³-hybridized carbons (Fsp3) is 0.0625. The van der Waals surface area contributed by atoms with Gasteiger partial charge in [0.25, 0.3) is 15.7 Å². The van der Waals surface area contributed by atoms with Crippen molar-refractivity contribution in [2.24, 2.45) is 0 Å². The van der Waals surface area contributed by atoms with E-state index in [9.17, 15) is 23.3 Å². The molecule has 2 aromatic carbocycles. The van der Waals surface area contributed by atoms with Crippen LogP contribution in [0, 0.1) is 17.0 Å². The zero-order chi connectivity index (χ0) is 19.9. The van der Waals surface area contributed by atoms with Crippen molar-refractivity contribution in [3.8, 4) is 0 Å². The number of nitrogens with zero attached hydrogens (tertiary/aromatic N) is 1. The highest BCUT2D eigenvalue weighted by molar-refractivity contribution is 7.92. The summed E-state index contributed by atoms with van der Waals surface area (Å²) in [6.45, 7) is 1.50. The Kier molecular flexibility index (Phi) is 4.54. The quantitative estimate of drug-likeness (QED) is 0.291. The number of sulfonamides is 1. The minimum absolute atomic E-state index is 0.0699. The fourth-order valence-corrected chi connectivity index (χ4v) is 3.87. The van der Waals surface area contributed by atoms with E-state index in [1.807, 2.05) is 4.72 Å². The summed E-state index contributed by atoms with van der Waals surface area (Å²) in [5.74, 6) is 0. The van der Waals surface area contributed by atoms with Crippen LogP contribution in [0.3, 0.4) is 0 Å². The van der Waals surface area contributed by atoms with Crippen molar-refractivity contribution in [3.63, 3.8) is 0 Å². The normalized spacial score (nSPS) is 11.5. The lowest BCUT2D eigenvalue weighted by molar-refractivity contribution is -0.387. The molecule has 3 N–H and O–H groups in total. The van der Waals surface area contributed by atoms with Crippen LogP contribution in [0.25, 0.3) is 11.0 Å². The molecule has 0 aliphatic heterocycles. The molecule has 0 saturated heterocycles. The fourth-order valence-electron chi connectivity index (χ4n) is 2.41. The molecule has 0 radical (unpaired) electrons. The molecule has 140 valence electrons. The van der Waals surface area contributed by atoms with Gasteiger partial charge in [0.1, 0.15) is 11.3 Å². The molecular formula is C16H12ClN3O6S. The number of fused-ring (bicyclic) bond motifs is 1. The number of anilines is 2. The van der Waals surface area contributed by atoms with E-state index in [1.54, 1.807) is 0 Å². The molecule has 3 rings (SSSR count). The summed E-state index contributed by atoms with van der Waals surface area (Å²) in [6.07, 6.45) is 0. The average Bonchev–Trinajstić information content (AvgIpc) is 2.57. The summed E-state index contributed by atoms with van der Waals surface area (Å²) >= 11 is 5.88. The maximum absolute atomic E-state index is 12.7. The first-order chi connectivity index (χ1) is 12.6. The van der Waals surface area contributed by atoms with Gasteiger partial charge in [-0.2, -0.15) is 0 Å². The van der Waals surface area contributed by atoms with Gasteiger partial charge in [0.15, 0.2) is 4.90 Å². The van der Waals surface area contributed by atoms with Crippen molar-refractivity contribution in [3.05, 3.63) is 67.5 Å². The highest BCUT2D eigenvalue weighted by atomic mass is 35.5. The lowest BCUT2D eigenvalue weighted by Gasteiger charge is -2.10. The van der Waals surface area contributed by atoms with Gasteiger partial charge in [0, 0.05) is 22.2 Å². The van der Waals surface area contributed by atoms with Crippen LogP contribution in [0.2, 0.25) is 5.02 Å². The number of aryl methyl sites for hydroxylation is 1. The number of hydrogen-bond donors (Lipinski definition) is 2. The number of benzene rings is 2. The molecule has 0 fully saturated rings. The Balaban J connectivity index is 2.14. The van der Waals surface area contributed by atoms with Gasteiger partial charge in [-0.15, -0.1) is 0 Å². The Bertz CT molecular complexity index is 1250. The molecule has 0 bridgehead atoms. The van der Waals surface area contributed by atoms with Crippen LogP contribution in [0.5, 0.6) is 0 Å². The molecule has 0 amide bonds. The van der Waals surface area contributed by atoms with E-state index in [0.29, 0.717) is 16.0 Å². The van der Waals surface area contributed by atoms with Crippen LogP contribution in [-0.2, 0) is 10.0 Å². The second kappa shape index (κ2) is 6.56. The van der Waals surface area contributed by atoms with Crippen LogP contribution >= 0.6 is 11.6 Å². The number of rotatable bonds is 4. The first kappa shape index (κ1) is 18.7. The molecule has 0 spiro atoms. The van der Waals surface area contributed by atoms with E-state index in [0.717, 1.165) is 12.1 Å². The molecule has 0 atom stereocenters. The summed E-state index contributed by atoms with van der Waals surface area (Å²) in [5.41, 5.74) is 4.16. The minimum Gasteiger partial charge on any atom is -0.421 e. The van der Waals surface area contributed by atoms with E-state index in [-0.39, 0.29) is 11.3 Å². The third kappa shape index (κ3) is 3.57. The van der Waals surface area contributed by atoms with Gasteiger partial charge in [-0.25, -0.2) is 13.2 Å². The standard InChI is InChI=1S/C16H12ClN3O6S/c1-8-4-15(13(20(22)23)7-11(8)18)27(24,25)19-12-6-9-5-10(17)2-3-14(9)26-16(12)21/h2-7,19H,18H2,1H3. The highest BCUT2D eigenvalue weighted by Gasteiger charge is 2.28. The molecule has 0 unspecified atom stereocenters. The number of nitrogens with one attached hydrogen (secondary N) is 1. The number of hydrogen-bond acceptors (Lipinski definition) is 7. The highest BCUT2D eigenvalue weighted by Crippen LogP contribution is 2.30. The predicted octanol–water partition coefficient (Wildman–Crippen LogP) is 3.05. The van der Waals surface area contributed by atoms with Crippen LogP contribution < -0.4 is 16.1 Å². The second-order valence-corrected chi connectivity index (χ2v) is 7.76. The first-order valence-electron chi connectivity index (χ1n) is 7.39. The third-order valence-corrected chi connectivity index (χ3v) is 5.40. The molecule has 3 aromatic rings. The van der Waals surface area contributed by atoms with Crippen molar-refractivity contribution in [1.29, 1.82) is 0 Å². The lowest BCUT2D eigenvalue weighted by Crippen LogP contribution is -2.19. The van der Waals surface area contributed by atoms with E-state index < -0.39 is 36.8 Å². The van der Waals surface area contributed by atoms with E-state index in [4.69, 9.17) is 21.8 Å². The number of halogens is 1. The van der Waals surface area contributed by atoms with Crippen molar-refractivity contribution < 1.29 is 17.8 Å². The Morgan fingerprint density at radius 3 is 2.59 bits per heavy atom. The summed E-state index contributed by atoms with van der Waals surface area (Å²) in [6, 6.07) is 7.71.